The Bertz CT molecular complexity index is 269. The molecule has 0 aromatic heterocycles. The largest absolute Gasteiger partial charge is 0.372 e. The predicted molar refractivity (Wildman–Crippen MR) is 42.5 cm³/mol. The molecule has 0 bridgehead atoms. The van der Waals surface area contributed by atoms with Crippen molar-refractivity contribution >= 4 is 11.6 Å². The molecule has 1 rings (SSSR count). The van der Waals surface area contributed by atoms with Gasteiger partial charge in [-0.3, -0.25) is 9.59 Å². The smallest absolute Gasteiger partial charge is 0.224 e. The number of nitriles is 1. The number of nitrogens with zero attached hydrogens (tertiary/aromatic N) is 1. The number of hydrogen-bond acceptors (Lipinski definition) is 5. The van der Waals surface area contributed by atoms with Gasteiger partial charge in [-0.25, -0.2) is 0 Å². The van der Waals surface area contributed by atoms with Crippen LogP contribution in [0.1, 0.15) is 6.42 Å². The second-order valence-corrected chi connectivity index (χ2v) is 2.94. The molecule has 1 fully saturated rings. The van der Waals surface area contributed by atoms with Gasteiger partial charge in [-0.2, -0.15) is 5.26 Å². The van der Waals surface area contributed by atoms with Crippen molar-refractivity contribution in [2.45, 2.75) is 12.5 Å². The van der Waals surface area contributed by atoms with Gasteiger partial charge in [0.1, 0.15) is 6.61 Å². The number of nitrogens with two attached hydrogens (primary N) is 1. The van der Waals surface area contributed by atoms with Gasteiger partial charge in [-0.15, -0.1) is 0 Å². The summed E-state index contributed by atoms with van der Waals surface area (Å²) in [5.74, 6) is -1.69. The minimum Gasteiger partial charge on any atom is -0.372 e. The second kappa shape index (κ2) is 4.12. The Hall–Kier alpha value is -1.25. The first-order valence-corrected chi connectivity index (χ1v) is 3.94. The summed E-state index contributed by atoms with van der Waals surface area (Å²) in [7, 11) is 0. The van der Waals surface area contributed by atoms with Crippen molar-refractivity contribution < 1.29 is 14.3 Å². The van der Waals surface area contributed by atoms with Gasteiger partial charge in [-0.05, 0) is 0 Å². The zero-order chi connectivity index (χ0) is 9.84. The highest BCUT2D eigenvalue weighted by Gasteiger charge is 2.34. The van der Waals surface area contributed by atoms with E-state index < -0.39 is 23.5 Å². The molecule has 0 amide bonds. The lowest BCUT2D eigenvalue weighted by Crippen LogP contribution is -2.46. The summed E-state index contributed by atoms with van der Waals surface area (Å²) in [6.07, 6.45) is 0.0625. The van der Waals surface area contributed by atoms with Crippen molar-refractivity contribution in [1.82, 2.24) is 0 Å². The van der Waals surface area contributed by atoms with E-state index in [-0.39, 0.29) is 19.6 Å². The monoisotopic (exact) mass is 182 g/mol. The highest BCUT2D eigenvalue weighted by molar-refractivity contribution is 6.39. The van der Waals surface area contributed by atoms with Gasteiger partial charge < -0.3 is 10.5 Å². The van der Waals surface area contributed by atoms with E-state index >= 15 is 0 Å². The third kappa shape index (κ3) is 2.11. The van der Waals surface area contributed by atoms with Gasteiger partial charge >= 0.3 is 0 Å². The number of ether oxygens (including phenoxy) is 1. The highest BCUT2D eigenvalue weighted by Crippen LogP contribution is 2.12. The van der Waals surface area contributed by atoms with E-state index in [1.807, 2.05) is 6.07 Å². The maximum absolute atomic E-state index is 11.2. The average molecular weight is 182 g/mol. The van der Waals surface area contributed by atoms with Crippen LogP contribution in [0.15, 0.2) is 0 Å². The molecule has 1 heterocycles. The quantitative estimate of drug-likeness (QED) is 0.553. The standard InChI is InChI=1S/C8H10N2O3/c9-2-1-6(10)5-3-13-4-7(11)8(5)12/h5-6H,1,3-4,10H2. The molecule has 2 unspecified atom stereocenters. The summed E-state index contributed by atoms with van der Waals surface area (Å²) in [5.41, 5.74) is 5.54. The molecule has 1 saturated heterocycles. The van der Waals surface area contributed by atoms with Crippen molar-refractivity contribution in [2.24, 2.45) is 11.7 Å². The molecule has 0 spiro atoms. The zero-order valence-corrected chi connectivity index (χ0v) is 7.03. The molecule has 2 atom stereocenters. The van der Waals surface area contributed by atoms with Gasteiger partial charge in [-0.1, -0.05) is 0 Å². The summed E-state index contributed by atoms with van der Waals surface area (Å²) in [6.45, 7) is -0.0119. The SMILES string of the molecule is N#CCC(N)C1COCC(=O)C1=O. The Morgan fingerprint density at radius 3 is 3.00 bits per heavy atom. The number of carbonyl (C=O) groups excluding carboxylic acids is 2. The van der Waals surface area contributed by atoms with Crippen LogP contribution in [-0.4, -0.2) is 30.8 Å². The van der Waals surface area contributed by atoms with Crippen LogP contribution in [0.25, 0.3) is 0 Å². The summed E-state index contributed by atoms with van der Waals surface area (Å²) in [4.78, 5) is 22.1. The molecule has 2 N–H and O–H groups in total. The first kappa shape index (κ1) is 9.84. The maximum Gasteiger partial charge on any atom is 0.224 e. The Kier molecular flexibility index (Phi) is 3.12. The minimum absolute atomic E-state index is 0.0625. The molecule has 1 aliphatic rings. The van der Waals surface area contributed by atoms with Crippen LogP contribution >= 0.6 is 0 Å². The van der Waals surface area contributed by atoms with Crippen molar-refractivity contribution in [3.63, 3.8) is 0 Å². The van der Waals surface area contributed by atoms with Crippen LogP contribution < -0.4 is 5.73 Å². The Morgan fingerprint density at radius 2 is 2.38 bits per heavy atom. The molecule has 1 aliphatic heterocycles. The van der Waals surface area contributed by atoms with E-state index in [2.05, 4.69) is 0 Å². The Morgan fingerprint density at radius 1 is 1.69 bits per heavy atom. The summed E-state index contributed by atoms with van der Waals surface area (Å²) < 4.78 is 4.87. The van der Waals surface area contributed by atoms with Crippen LogP contribution in [-0.2, 0) is 14.3 Å². The fourth-order valence-corrected chi connectivity index (χ4v) is 1.20. The lowest BCUT2D eigenvalue weighted by Gasteiger charge is -2.23. The first-order chi connectivity index (χ1) is 6.16. The number of rotatable bonds is 2. The van der Waals surface area contributed by atoms with E-state index in [0.717, 1.165) is 0 Å². The van der Waals surface area contributed by atoms with Gasteiger partial charge in [0, 0.05) is 6.04 Å². The minimum atomic E-state index is -0.638. The van der Waals surface area contributed by atoms with Crippen LogP contribution in [0.3, 0.4) is 0 Å². The molecule has 0 aliphatic carbocycles. The van der Waals surface area contributed by atoms with Crippen molar-refractivity contribution in [2.75, 3.05) is 13.2 Å². The van der Waals surface area contributed by atoms with E-state index in [1.165, 1.54) is 0 Å². The van der Waals surface area contributed by atoms with Crippen molar-refractivity contribution in [3.8, 4) is 6.07 Å². The number of Topliss-reactive ketones (excluding diaryl/α,β-unsaturated/α-hetero) is 2. The number of hydrogen-bond donors (Lipinski definition) is 1. The van der Waals surface area contributed by atoms with Gasteiger partial charge in [0.15, 0.2) is 0 Å². The topological polar surface area (TPSA) is 93.2 Å². The highest BCUT2D eigenvalue weighted by atomic mass is 16.5. The molecule has 5 heteroatoms. The molecular weight excluding hydrogens is 172 g/mol. The fraction of sp³-hybridized carbons (Fsp3) is 0.625. The van der Waals surface area contributed by atoms with Gasteiger partial charge in [0.2, 0.25) is 11.6 Å². The summed E-state index contributed by atoms with van der Waals surface area (Å²) in [5, 5.41) is 8.35. The second-order valence-electron chi connectivity index (χ2n) is 2.94. The third-order valence-corrected chi connectivity index (χ3v) is 1.99. The summed E-state index contributed by atoms with van der Waals surface area (Å²) in [6, 6.07) is 1.26. The van der Waals surface area contributed by atoms with E-state index in [4.69, 9.17) is 15.7 Å². The molecule has 0 saturated carbocycles. The predicted octanol–water partition coefficient (Wildman–Crippen LogP) is -0.988. The van der Waals surface area contributed by atoms with Gasteiger partial charge in [0.25, 0.3) is 0 Å². The van der Waals surface area contributed by atoms with Crippen molar-refractivity contribution in [3.05, 3.63) is 0 Å². The Balaban J connectivity index is 2.63. The third-order valence-electron chi connectivity index (χ3n) is 1.99. The molecule has 0 radical (unpaired) electrons. The zero-order valence-electron chi connectivity index (χ0n) is 7.03. The van der Waals surface area contributed by atoms with Crippen LogP contribution in [0.5, 0.6) is 0 Å². The lowest BCUT2D eigenvalue weighted by atomic mass is 9.91. The Labute approximate surface area is 75.5 Å². The van der Waals surface area contributed by atoms with E-state index in [0.29, 0.717) is 0 Å². The first-order valence-electron chi connectivity index (χ1n) is 3.94. The molecule has 0 aromatic carbocycles. The molecule has 70 valence electrons. The van der Waals surface area contributed by atoms with E-state index in [1.54, 1.807) is 0 Å². The van der Waals surface area contributed by atoms with Crippen LogP contribution in [0.2, 0.25) is 0 Å². The fourth-order valence-electron chi connectivity index (χ4n) is 1.20. The van der Waals surface area contributed by atoms with Crippen LogP contribution in [0, 0.1) is 17.2 Å². The molecule has 5 nitrogen and oxygen atoms in total. The van der Waals surface area contributed by atoms with E-state index in [9.17, 15) is 9.59 Å². The summed E-state index contributed by atoms with van der Waals surface area (Å²) >= 11 is 0. The molecular formula is C8H10N2O3. The van der Waals surface area contributed by atoms with Crippen molar-refractivity contribution in [1.29, 1.82) is 5.26 Å². The van der Waals surface area contributed by atoms with Crippen LogP contribution in [0.4, 0.5) is 0 Å². The number of carbonyl (C=O) groups is 2. The van der Waals surface area contributed by atoms with Gasteiger partial charge in [0.05, 0.1) is 25.0 Å². The molecule has 0 aromatic rings. The maximum atomic E-state index is 11.2. The lowest BCUT2D eigenvalue weighted by molar-refractivity contribution is -0.148. The average Bonchev–Trinajstić information content (AvgIpc) is 2.10. The normalized spacial score (nSPS) is 25.4. The number of ketones is 2. The molecule has 13 heavy (non-hydrogen) atoms.